The molecule has 0 aliphatic heterocycles. The van der Waals surface area contributed by atoms with E-state index in [0.29, 0.717) is 0 Å². The number of benzene rings is 1. The first-order chi connectivity index (χ1) is 8.87. The Labute approximate surface area is 131 Å². The van der Waals surface area contributed by atoms with Crippen LogP contribution in [0.2, 0.25) is 10.0 Å². The molecule has 0 N–H and O–H groups in total. The second kappa shape index (κ2) is 7.55. The van der Waals surface area contributed by atoms with Gasteiger partial charge in [-0.15, -0.1) is 11.6 Å². The molecule has 0 unspecified atom stereocenters. The van der Waals surface area contributed by atoms with Crippen LogP contribution in [-0.2, 0) is 14.4 Å². The van der Waals surface area contributed by atoms with E-state index in [9.17, 15) is 8.42 Å². The molecular weight excluding hydrogens is 356 g/mol. The van der Waals surface area contributed by atoms with E-state index in [2.05, 4.69) is 9.44 Å². The molecule has 19 heavy (non-hydrogen) atoms. The molecule has 0 radical (unpaired) electrons. The first-order valence-electron chi connectivity index (χ1n) is 5.02. The van der Waals surface area contributed by atoms with Gasteiger partial charge in [-0.1, -0.05) is 46.0 Å². The van der Waals surface area contributed by atoms with E-state index in [1.54, 1.807) is 18.2 Å². The van der Waals surface area contributed by atoms with Crippen LogP contribution in [0, 0.1) is 0 Å². The van der Waals surface area contributed by atoms with Gasteiger partial charge in [0.25, 0.3) is 0 Å². The van der Waals surface area contributed by atoms with Crippen LogP contribution in [0.5, 0.6) is 0 Å². The van der Waals surface area contributed by atoms with Crippen molar-refractivity contribution in [3.05, 3.63) is 33.8 Å². The molecule has 0 aliphatic carbocycles. The minimum absolute atomic E-state index is 0.205. The summed E-state index contributed by atoms with van der Waals surface area (Å²) in [6.07, 6.45) is 0.254. The Bertz CT molecular complexity index is 554. The fourth-order valence-corrected chi connectivity index (χ4v) is 3.10. The molecule has 0 aliphatic rings. The molecule has 0 saturated carbocycles. The van der Waals surface area contributed by atoms with E-state index in [-0.39, 0.29) is 38.8 Å². The lowest BCUT2D eigenvalue weighted by atomic mass is 10.2. The monoisotopic (exact) mass is 363 g/mol. The summed E-state index contributed by atoms with van der Waals surface area (Å²) in [6.45, 7) is 0. The quantitative estimate of drug-likeness (QED) is 0.437. The highest BCUT2D eigenvalue weighted by atomic mass is 35.5. The van der Waals surface area contributed by atoms with Crippen molar-refractivity contribution in [2.75, 3.05) is 11.6 Å². The van der Waals surface area contributed by atoms with Gasteiger partial charge in [0.2, 0.25) is 0 Å². The number of hydrogen-bond acceptors (Lipinski definition) is 4. The van der Waals surface area contributed by atoms with Gasteiger partial charge in [-0.25, -0.2) is 0 Å². The third-order valence-corrected chi connectivity index (χ3v) is 4.17. The van der Waals surface area contributed by atoms with Crippen molar-refractivity contribution in [3.63, 3.8) is 0 Å². The molecule has 0 heterocycles. The summed E-state index contributed by atoms with van der Waals surface area (Å²) in [5.74, 6) is -0.0448. The van der Waals surface area contributed by atoms with Gasteiger partial charge in [0.15, 0.2) is 5.17 Å². The Morgan fingerprint density at radius 1 is 1.26 bits per heavy atom. The molecule has 0 atom stereocenters. The van der Waals surface area contributed by atoms with Gasteiger partial charge in [-0.05, 0) is 18.6 Å². The molecule has 0 saturated heterocycles. The third kappa shape index (κ3) is 5.36. The van der Waals surface area contributed by atoms with Crippen LogP contribution in [0.25, 0.3) is 0 Å². The van der Waals surface area contributed by atoms with Crippen LogP contribution >= 0.6 is 46.4 Å². The predicted octanol–water partition coefficient (Wildman–Crippen LogP) is 3.87. The van der Waals surface area contributed by atoms with Crippen molar-refractivity contribution in [2.45, 2.75) is 6.42 Å². The van der Waals surface area contributed by atoms with Gasteiger partial charge in [0.05, 0.1) is 21.4 Å². The Kier molecular flexibility index (Phi) is 6.69. The summed E-state index contributed by atoms with van der Waals surface area (Å²) in [5.41, 5.74) is 0.208. The van der Waals surface area contributed by atoms with E-state index >= 15 is 0 Å². The zero-order valence-electron chi connectivity index (χ0n) is 9.45. The zero-order chi connectivity index (χ0) is 14.5. The van der Waals surface area contributed by atoms with E-state index in [1.165, 1.54) is 0 Å². The molecule has 106 valence electrons. The standard InChI is InChI=1S/C10H9Cl4NO3S/c11-5-2-6-19(16,17)18-15-10(14)9-7(12)3-1-4-8(9)13/h1,3-4H,2,5-6H2. The summed E-state index contributed by atoms with van der Waals surface area (Å²) in [6, 6.07) is 4.71. The number of alkyl halides is 1. The lowest BCUT2D eigenvalue weighted by Crippen LogP contribution is -2.09. The highest BCUT2D eigenvalue weighted by molar-refractivity contribution is 7.86. The maximum Gasteiger partial charge on any atom is 0.328 e. The van der Waals surface area contributed by atoms with Crippen LogP contribution in [0.3, 0.4) is 0 Å². The van der Waals surface area contributed by atoms with Gasteiger partial charge >= 0.3 is 10.1 Å². The van der Waals surface area contributed by atoms with Crippen LogP contribution < -0.4 is 0 Å². The van der Waals surface area contributed by atoms with E-state index in [0.717, 1.165) is 0 Å². The second-order valence-corrected chi connectivity index (χ2v) is 6.58. The lowest BCUT2D eigenvalue weighted by Gasteiger charge is -2.04. The summed E-state index contributed by atoms with van der Waals surface area (Å²) in [4.78, 5) is 0. The van der Waals surface area contributed by atoms with Crippen molar-refractivity contribution in [3.8, 4) is 0 Å². The van der Waals surface area contributed by atoms with Gasteiger partial charge < -0.3 is 0 Å². The van der Waals surface area contributed by atoms with E-state index < -0.39 is 10.1 Å². The average Bonchev–Trinajstić information content (AvgIpc) is 2.34. The smallest absolute Gasteiger partial charge is 0.267 e. The number of rotatable bonds is 6. The molecular formula is C10H9Cl4NO3S. The minimum atomic E-state index is -3.82. The molecule has 1 rings (SSSR count). The number of oxime groups is 1. The molecule has 0 bridgehead atoms. The van der Waals surface area contributed by atoms with Gasteiger partial charge in [0, 0.05) is 5.88 Å². The average molecular weight is 365 g/mol. The number of halogens is 4. The van der Waals surface area contributed by atoms with Crippen molar-refractivity contribution < 1.29 is 12.7 Å². The second-order valence-electron chi connectivity index (χ2n) is 3.36. The van der Waals surface area contributed by atoms with Gasteiger partial charge in [-0.2, -0.15) is 8.42 Å². The predicted molar refractivity (Wildman–Crippen MR) is 79.1 cm³/mol. The van der Waals surface area contributed by atoms with Crippen molar-refractivity contribution >= 4 is 61.7 Å². The van der Waals surface area contributed by atoms with Gasteiger partial charge in [0.1, 0.15) is 0 Å². The van der Waals surface area contributed by atoms with Crippen LogP contribution in [0.15, 0.2) is 23.4 Å². The summed E-state index contributed by atoms with van der Waals surface area (Å²) in [7, 11) is -3.82. The molecule has 4 nitrogen and oxygen atoms in total. The van der Waals surface area contributed by atoms with Crippen molar-refractivity contribution in [2.24, 2.45) is 5.16 Å². The summed E-state index contributed by atoms with van der Waals surface area (Å²) in [5, 5.41) is 3.56. The number of hydrogen-bond donors (Lipinski definition) is 0. The lowest BCUT2D eigenvalue weighted by molar-refractivity contribution is 0.340. The van der Waals surface area contributed by atoms with Crippen LogP contribution in [-0.4, -0.2) is 25.2 Å². The highest BCUT2D eigenvalue weighted by Gasteiger charge is 2.15. The van der Waals surface area contributed by atoms with Crippen molar-refractivity contribution in [1.29, 1.82) is 0 Å². The molecule has 0 spiro atoms. The number of nitrogens with zero attached hydrogens (tertiary/aromatic N) is 1. The Hall–Kier alpha value is -0.200. The van der Waals surface area contributed by atoms with E-state index in [4.69, 9.17) is 46.4 Å². The topological polar surface area (TPSA) is 55.7 Å². The molecule has 0 fully saturated rings. The third-order valence-electron chi connectivity index (χ3n) is 1.93. The zero-order valence-corrected chi connectivity index (χ0v) is 13.3. The Morgan fingerprint density at radius 3 is 2.37 bits per heavy atom. The SMILES string of the molecule is O=S(=O)(CCCCl)ON=C(Cl)c1c(Cl)cccc1Cl. The molecule has 0 aromatic heterocycles. The normalized spacial score (nSPS) is 12.5. The molecule has 9 heteroatoms. The maximum atomic E-state index is 11.4. The largest absolute Gasteiger partial charge is 0.328 e. The summed E-state index contributed by atoms with van der Waals surface area (Å²) < 4.78 is 27.2. The Balaban J connectivity index is 2.89. The van der Waals surface area contributed by atoms with E-state index in [1.807, 2.05) is 0 Å². The van der Waals surface area contributed by atoms with Crippen LogP contribution in [0.1, 0.15) is 12.0 Å². The maximum absolute atomic E-state index is 11.4. The van der Waals surface area contributed by atoms with Crippen molar-refractivity contribution in [1.82, 2.24) is 0 Å². The molecule has 1 aromatic rings. The fourth-order valence-electron chi connectivity index (χ4n) is 1.10. The first-order valence-corrected chi connectivity index (χ1v) is 8.27. The minimum Gasteiger partial charge on any atom is -0.267 e. The van der Waals surface area contributed by atoms with Crippen LogP contribution in [0.4, 0.5) is 0 Å². The fraction of sp³-hybridized carbons (Fsp3) is 0.300. The first kappa shape index (κ1) is 16.9. The van der Waals surface area contributed by atoms with Gasteiger partial charge in [-0.3, -0.25) is 4.28 Å². The summed E-state index contributed by atoms with van der Waals surface area (Å²) >= 11 is 23.0. The molecule has 1 aromatic carbocycles. The molecule has 0 amide bonds. The highest BCUT2D eigenvalue weighted by Crippen LogP contribution is 2.26. The Morgan fingerprint density at radius 2 is 1.84 bits per heavy atom.